The zero-order valence-corrected chi connectivity index (χ0v) is 60.8. The van der Waals surface area contributed by atoms with Crippen molar-refractivity contribution in [2.75, 3.05) is 0 Å². The highest BCUT2D eigenvalue weighted by molar-refractivity contribution is 7.29. The summed E-state index contributed by atoms with van der Waals surface area (Å²) in [6.45, 7) is 92.5. The van der Waals surface area contributed by atoms with Gasteiger partial charge < -0.3 is 0 Å². The van der Waals surface area contributed by atoms with Crippen LogP contribution in [0.5, 0.6) is 0 Å². The summed E-state index contributed by atoms with van der Waals surface area (Å²) in [5.74, 6) is 0.369. The first-order valence-electron chi connectivity index (χ1n) is 26.4. The Morgan fingerprint density at radius 1 is 0.269 bits per heavy atom. The molecule has 0 aliphatic heterocycles. The van der Waals surface area contributed by atoms with E-state index in [0.29, 0.717) is 5.92 Å². The Hall–Kier alpha value is -0.691. The van der Waals surface area contributed by atoms with Crippen LogP contribution in [0, 0.1) is 26.7 Å². The van der Waals surface area contributed by atoms with E-state index >= 15 is 0 Å². The molecule has 1 aliphatic rings. The fourth-order valence-electron chi connectivity index (χ4n) is 13.3. The molecule has 1 atom stereocenters. The molecule has 0 saturated heterocycles. The van der Waals surface area contributed by atoms with E-state index < -0.39 is 80.7 Å². The molecule has 1 unspecified atom stereocenters. The molecule has 0 saturated carbocycles. The summed E-state index contributed by atoms with van der Waals surface area (Å²) in [4.78, 5) is 0. The van der Waals surface area contributed by atoms with Crippen LogP contribution in [0.1, 0.15) is 44.4 Å². The summed E-state index contributed by atoms with van der Waals surface area (Å²) in [6, 6.07) is 8.74. The van der Waals surface area contributed by atoms with Gasteiger partial charge in [-0.05, 0) is 68.6 Å². The summed E-state index contributed by atoms with van der Waals surface area (Å²) >= 11 is 0. The largest absolute Gasteiger partial charge is 0.175 e. The second-order valence-corrected chi connectivity index (χ2v) is 79.8. The Morgan fingerprint density at radius 3 is 0.627 bits per heavy atom. The van der Waals surface area contributed by atoms with Crippen molar-refractivity contribution in [3.8, 4) is 0 Å². The molecule has 0 heterocycles. The lowest BCUT2D eigenvalue weighted by molar-refractivity contribution is 0.852. The van der Waals surface area contributed by atoms with Crippen LogP contribution in [0.25, 0.3) is 0 Å². The fraction of sp³-hybridized carbons (Fsp3) is 0.614. The van der Waals surface area contributed by atoms with Crippen LogP contribution in [0.2, 0.25) is 177 Å². The van der Waals surface area contributed by atoms with Crippen molar-refractivity contribution in [3.63, 3.8) is 0 Å². The second kappa shape index (κ2) is 18.1. The predicted octanol–water partition coefficient (Wildman–Crippen LogP) is 10.8. The molecular weight excluding hydrogens is 965 g/mol. The van der Waals surface area contributed by atoms with Crippen LogP contribution in [0.15, 0.2) is 40.1 Å². The van der Waals surface area contributed by atoms with Crippen molar-refractivity contribution in [3.05, 3.63) is 56.8 Å². The Bertz CT molecular complexity index is 2280. The Morgan fingerprint density at radius 2 is 0.478 bits per heavy atom. The Kier molecular flexibility index (Phi) is 15.9. The average Bonchev–Trinajstić information content (AvgIpc) is 3.26. The van der Waals surface area contributed by atoms with Crippen LogP contribution in [0.3, 0.4) is 0 Å². The van der Waals surface area contributed by atoms with Gasteiger partial charge >= 0.3 is 0 Å². The van der Waals surface area contributed by atoms with Gasteiger partial charge in [-0.1, -0.05) is 282 Å². The van der Waals surface area contributed by atoms with E-state index in [0.717, 1.165) is 0 Å². The third-order valence-corrected chi connectivity index (χ3v) is 41.8. The van der Waals surface area contributed by atoms with Crippen LogP contribution in [0.4, 0.5) is 0 Å². The second-order valence-electron chi connectivity index (χ2n) is 31.2. The molecule has 0 bridgehead atoms. The summed E-state index contributed by atoms with van der Waals surface area (Å²) in [6.07, 6.45) is 0. The maximum atomic E-state index is 2.91. The highest BCUT2D eigenvalue weighted by Gasteiger charge is 2.59. The lowest BCUT2D eigenvalue weighted by atomic mass is 10.1. The number of hydrogen-bond donors (Lipinski definition) is 0. The van der Waals surface area contributed by atoms with Gasteiger partial charge in [0.15, 0.2) is 8.07 Å². The SMILES string of the molecule is CC1=C(C)C(C)C([Si](c2c([Si](C)(C)C)cc(C)c([Si](C)(C)C)c2[Si](C)(C)C)(c2c([Si](C)(C)C)cc(C)c([Si](C)(C)C)c2[Si](C)(C)C)c2c([Si](C)(C)C)cc(C)c([Si](C)(C)C)c2[Si](C)(C)C)=C1C. The summed E-state index contributed by atoms with van der Waals surface area (Å²) in [7, 11) is -21.9. The highest BCUT2D eigenvalue weighted by Crippen LogP contribution is 2.42. The minimum absolute atomic E-state index is 0.369. The van der Waals surface area contributed by atoms with Gasteiger partial charge in [0.1, 0.15) is 0 Å². The maximum Gasteiger partial charge on any atom is 0.175 e. The van der Waals surface area contributed by atoms with Gasteiger partial charge in [0.25, 0.3) is 0 Å². The molecule has 0 radical (unpaired) electrons. The van der Waals surface area contributed by atoms with Crippen LogP contribution in [-0.2, 0) is 0 Å². The molecule has 10 heteroatoms. The zero-order chi connectivity index (χ0) is 52.7. The predicted molar refractivity (Wildman–Crippen MR) is 345 cm³/mol. The molecule has 1 aliphatic carbocycles. The van der Waals surface area contributed by atoms with E-state index in [1.807, 2.05) is 67.4 Å². The lowest BCUT2D eigenvalue weighted by Gasteiger charge is -2.53. The molecule has 0 fully saturated rings. The quantitative estimate of drug-likeness (QED) is 0.118. The molecule has 67 heavy (non-hydrogen) atoms. The van der Waals surface area contributed by atoms with Crippen LogP contribution >= 0.6 is 0 Å². The van der Waals surface area contributed by atoms with Crippen molar-refractivity contribution < 1.29 is 0 Å². The monoisotopic (exact) mass is 1070 g/mol. The van der Waals surface area contributed by atoms with Crippen molar-refractivity contribution in [2.24, 2.45) is 5.92 Å². The molecule has 0 aromatic heterocycles. The third-order valence-electron chi connectivity index (χ3n) is 15.7. The molecule has 0 nitrogen and oxygen atoms in total. The van der Waals surface area contributed by atoms with Crippen LogP contribution in [-0.4, -0.2) is 80.7 Å². The van der Waals surface area contributed by atoms with Gasteiger partial charge in [-0.2, -0.15) is 0 Å². The molecule has 3 aromatic rings. The lowest BCUT2D eigenvalue weighted by Crippen LogP contribution is -2.92. The van der Waals surface area contributed by atoms with E-state index in [-0.39, 0.29) is 0 Å². The van der Waals surface area contributed by atoms with Gasteiger partial charge in [-0.25, -0.2) is 0 Å². The van der Waals surface area contributed by atoms with E-state index in [9.17, 15) is 0 Å². The van der Waals surface area contributed by atoms with Crippen molar-refractivity contribution in [1.82, 2.24) is 0 Å². The molecule has 0 spiro atoms. The first-order valence-corrected chi connectivity index (χ1v) is 59.9. The molecule has 3 aromatic carbocycles. The molecule has 0 N–H and O–H groups in total. The molecule has 374 valence electrons. The van der Waals surface area contributed by atoms with Gasteiger partial charge in [-0.15, -0.1) is 0 Å². The fourth-order valence-corrected chi connectivity index (χ4v) is 53.5. The van der Waals surface area contributed by atoms with Crippen molar-refractivity contribution in [2.45, 2.75) is 225 Å². The number of rotatable bonds is 13. The number of allylic oxidation sites excluding steroid dienone is 4. The normalized spacial score (nSPS) is 16.8. The third kappa shape index (κ3) is 10.6. The number of benzene rings is 3. The summed E-state index contributed by atoms with van der Waals surface area (Å²) in [5.41, 5.74) is 9.72. The summed E-state index contributed by atoms with van der Waals surface area (Å²) in [5, 5.41) is 24.5. The van der Waals surface area contributed by atoms with E-state index in [1.165, 1.54) is 0 Å². The van der Waals surface area contributed by atoms with Crippen molar-refractivity contribution >= 4 is 143 Å². The van der Waals surface area contributed by atoms with Gasteiger partial charge in [-0.3, -0.25) is 0 Å². The number of hydrogen-bond acceptors (Lipinski definition) is 0. The van der Waals surface area contributed by atoms with E-state index in [2.05, 4.69) is 243 Å². The average molecular weight is 1070 g/mol. The van der Waals surface area contributed by atoms with Gasteiger partial charge in [0.2, 0.25) is 0 Å². The first-order chi connectivity index (χ1) is 29.4. The smallest absolute Gasteiger partial charge is 0.0656 e. The maximum absolute atomic E-state index is 3.41. The van der Waals surface area contributed by atoms with Crippen LogP contribution < -0.4 is 62.2 Å². The molecule has 4 rings (SSSR count). The Labute approximate surface area is 427 Å². The van der Waals surface area contributed by atoms with Gasteiger partial charge in [0, 0.05) is 0 Å². The molecular formula is C57H106Si10. The molecule has 0 amide bonds. The van der Waals surface area contributed by atoms with Gasteiger partial charge in [0.05, 0.1) is 72.7 Å². The van der Waals surface area contributed by atoms with E-state index in [4.69, 9.17) is 0 Å². The highest BCUT2D eigenvalue weighted by atomic mass is 28.4. The zero-order valence-electron chi connectivity index (χ0n) is 50.8. The number of aryl methyl sites for hydroxylation is 3. The Balaban J connectivity index is 3.14. The minimum atomic E-state index is -3.41. The minimum Gasteiger partial charge on any atom is -0.0656 e. The summed E-state index contributed by atoms with van der Waals surface area (Å²) < 4.78 is 0. The van der Waals surface area contributed by atoms with E-state index in [1.54, 1.807) is 33.4 Å². The standard InChI is InChI=1S/C57H106Si10/c1-38-35-45(58(8,9)10)52(55(64(26,27)28)48(38)61(17,18)19)67(51-43(6)41(4)42(5)44(51)7,53-46(59(11,12)13)36-39(2)49(62(20,21)22)56(53)65(29,30)31)54-47(60(14,15)16)37-40(3)50(63(23,24)25)57(54)66(32,33)34/h35-37,43H,1-34H3. The topological polar surface area (TPSA) is 0 Å². The van der Waals surface area contributed by atoms with Crippen molar-refractivity contribution in [1.29, 1.82) is 0 Å². The first kappa shape index (κ1) is 58.9.